The van der Waals surface area contributed by atoms with Crippen LogP contribution in [0.2, 0.25) is 0 Å². The van der Waals surface area contributed by atoms with Crippen LogP contribution in [0.25, 0.3) is 0 Å². The van der Waals surface area contributed by atoms with Crippen LogP contribution in [0.4, 0.5) is 4.79 Å². The van der Waals surface area contributed by atoms with E-state index in [1.54, 1.807) is 0 Å². The third kappa shape index (κ3) is 5.36. The van der Waals surface area contributed by atoms with Crippen LogP contribution in [0.5, 0.6) is 0 Å². The van der Waals surface area contributed by atoms with Gasteiger partial charge >= 0.3 is 6.03 Å². The van der Waals surface area contributed by atoms with Crippen LogP contribution < -0.4 is 10.6 Å². The first-order chi connectivity index (χ1) is 12.6. The maximum absolute atomic E-state index is 12.0. The van der Waals surface area contributed by atoms with Gasteiger partial charge in [0.05, 0.1) is 0 Å². The van der Waals surface area contributed by atoms with Gasteiger partial charge in [0.15, 0.2) is 0 Å². The summed E-state index contributed by atoms with van der Waals surface area (Å²) in [7, 11) is 0. The lowest BCUT2D eigenvalue weighted by atomic mass is 9.96. The molecule has 3 rings (SSSR count). The fourth-order valence-corrected chi connectivity index (χ4v) is 3.51. The summed E-state index contributed by atoms with van der Waals surface area (Å²) in [4.78, 5) is 14.4. The minimum atomic E-state index is -0.0826. The first-order valence-corrected chi connectivity index (χ1v) is 9.44. The summed E-state index contributed by atoms with van der Waals surface area (Å²) in [6.45, 7) is 8.45. The van der Waals surface area contributed by atoms with Crippen molar-refractivity contribution in [3.05, 3.63) is 59.0 Å². The van der Waals surface area contributed by atoms with Crippen LogP contribution in [0, 0.1) is 19.8 Å². The number of nitrogens with zero attached hydrogens (tertiary/aromatic N) is 1. The van der Waals surface area contributed by atoms with Crippen molar-refractivity contribution in [2.75, 3.05) is 19.6 Å². The molecular weight excluding hydrogens is 326 g/mol. The van der Waals surface area contributed by atoms with E-state index in [9.17, 15) is 4.79 Å². The number of carbonyl (C=O) groups excluding carboxylic acids is 1. The number of piperidine rings is 1. The Morgan fingerprint density at radius 1 is 1.15 bits per heavy atom. The van der Waals surface area contributed by atoms with Crippen LogP contribution in [0.15, 0.2) is 40.8 Å². The first kappa shape index (κ1) is 18.5. The molecule has 26 heavy (non-hydrogen) atoms. The van der Waals surface area contributed by atoms with Crippen LogP contribution in [0.3, 0.4) is 0 Å². The average molecular weight is 355 g/mol. The zero-order valence-electron chi connectivity index (χ0n) is 15.8. The van der Waals surface area contributed by atoms with Gasteiger partial charge in [-0.2, -0.15) is 0 Å². The average Bonchev–Trinajstić information content (AvgIpc) is 2.97. The number of rotatable bonds is 6. The Labute approximate surface area is 155 Å². The van der Waals surface area contributed by atoms with E-state index in [0.717, 1.165) is 56.1 Å². The molecule has 1 aliphatic heterocycles. The van der Waals surface area contributed by atoms with E-state index >= 15 is 0 Å². The molecule has 0 spiro atoms. The van der Waals surface area contributed by atoms with Gasteiger partial charge in [-0.1, -0.05) is 30.3 Å². The van der Waals surface area contributed by atoms with Crippen molar-refractivity contribution in [3.8, 4) is 0 Å². The molecule has 0 bridgehead atoms. The van der Waals surface area contributed by atoms with Crippen molar-refractivity contribution in [2.24, 2.45) is 5.92 Å². The SMILES string of the molecule is Cc1cc(CN2CCC(CNC(=O)NCc3ccccc3)CC2)c(C)o1. The number of urea groups is 1. The van der Waals surface area contributed by atoms with Crippen LogP contribution in [-0.2, 0) is 13.1 Å². The van der Waals surface area contributed by atoms with Crippen LogP contribution >= 0.6 is 0 Å². The largest absolute Gasteiger partial charge is 0.466 e. The zero-order valence-corrected chi connectivity index (χ0v) is 15.8. The Morgan fingerprint density at radius 3 is 2.54 bits per heavy atom. The number of aryl methyl sites for hydroxylation is 2. The van der Waals surface area contributed by atoms with Gasteiger partial charge in [0.1, 0.15) is 11.5 Å². The molecule has 1 aliphatic rings. The molecule has 0 saturated carbocycles. The normalized spacial score (nSPS) is 15.8. The van der Waals surface area contributed by atoms with Crippen LogP contribution in [-0.4, -0.2) is 30.6 Å². The Balaban J connectivity index is 1.33. The van der Waals surface area contributed by atoms with Gasteiger partial charge in [0.25, 0.3) is 0 Å². The molecular formula is C21H29N3O2. The van der Waals surface area contributed by atoms with E-state index in [2.05, 4.69) is 21.6 Å². The molecule has 2 heterocycles. The predicted molar refractivity (Wildman–Crippen MR) is 103 cm³/mol. The second-order valence-corrected chi connectivity index (χ2v) is 7.21. The predicted octanol–water partition coefficient (Wildman–Crippen LogP) is 3.61. The molecule has 2 N–H and O–H groups in total. The molecule has 0 radical (unpaired) electrons. The third-order valence-electron chi connectivity index (χ3n) is 5.09. The molecule has 0 aliphatic carbocycles. The van der Waals surface area contributed by atoms with Gasteiger partial charge in [0.2, 0.25) is 0 Å². The summed E-state index contributed by atoms with van der Waals surface area (Å²) in [5, 5.41) is 5.93. The second-order valence-electron chi connectivity index (χ2n) is 7.21. The summed E-state index contributed by atoms with van der Waals surface area (Å²) < 4.78 is 5.62. The molecule has 1 saturated heterocycles. The molecule has 0 atom stereocenters. The Bertz CT molecular complexity index is 703. The highest BCUT2D eigenvalue weighted by atomic mass is 16.3. The smallest absolute Gasteiger partial charge is 0.315 e. The summed E-state index contributed by atoms with van der Waals surface area (Å²) in [6.07, 6.45) is 2.24. The minimum Gasteiger partial charge on any atom is -0.466 e. The summed E-state index contributed by atoms with van der Waals surface area (Å²) in [6, 6.07) is 12.0. The van der Waals surface area contributed by atoms with E-state index in [0.29, 0.717) is 12.5 Å². The highest BCUT2D eigenvalue weighted by Gasteiger charge is 2.20. The zero-order chi connectivity index (χ0) is 18.4. The third-order valence-corrected chi connectivity index (χ3v) is 5.09. The van der Waals surface area contributed by atoms with Crippen molar-refractivity contribution >= 4 is 6.03 Å². The van der Waals surface area contributed by atoms with Crippen molar-refractivity contribution in [1.82, 2.24) is 15.5 Å². The highest BCUT2D eigenvalue weighted by Crippen LogP contribution is 2.21. The molecule has 5 nitrogen and oxygen atoms in total. The lowest BCUT2D eigenvalue weighted by Gasteiger charge is -2.31. The molecule has 140 valence electrons. The molecule has 2 amide bonds. The minimum absolute atomic E-state index is 0.0826. The van der Waals surface area contributed by atoms with Crippen molar-refractivity contribution in [1.29, 1.82) is 0 Å². The summed E-state index contributed by atoms with van der Waals surface area (Å²) in [5.74, 6) is 2.57. The fraction of sp³-hybridized carbons (Fsp3) is 0.476. The monoisotopic (exact) mass is 355 g/mol. The number of hydrogen-bond acceptors (Lipinski definition) is 3. The van der Waals surface area contributed by atoms with Crippen molar-refractivity contribution < 1.29 is 9.21 Å². The highest BCUT2D eigenvalue weighted by molar-refractivity contribution is 5.73. The topological polar surface area (TPSA) is 57.5 Å². The van der Waals surface area contributed by atoms with Crippen molar-refractivity contribution in [2.45, 2.75) is 39.8 Å². The molecule has 1 fully saturated rings. The van der Waals surface area contributed by atoms with E-state index in [1.165, 1.54) is 5.56 Å². The van der Waals surface area contributed by atoms with Gasteiger partial charge in [-0.3, -0.25) is 4.90 Å². The molecule has 5 heteroatoms. The maximum atomic E-state index is 12.0. The number of hydrogen-bond donors (Lipinski definition) is 2. The standard InChI is InChI=1S/C21H29N3O2/c1-16-12-20(17(2)26-16)15-24-10-8-19(9-11-24)14-23-21(25)22-13-18-6-4-3-5-7-18/h3-7,12,19H,8-11,13-15H2,1-2H3,(H2,22,23,25). The number of carbonyl (C=O) groups is 1. The van der Waals surface area contributed by atoms with Gasteiger partial charge in [-0.25, -0.2) is 4.79 Å². The molecule has 1 aromatic carbocycles. The quantitative estimate of drug-likeness (QED) is 0.832. The molecule has 0 unspecified atom stereocenters. The Morgan fingerprint density at radius 2 is 1.88 bits per heavy atom. The van der Waals surface area contributed by atoms with E-state index in [4.69, 9.17) is 4.42 Å². The van der Waals surface area contributed by atoms with Gasteiger partial charge in [-0.05, 0) is 57.3 Å². The lowest BCUT2D eigenvalue weighted by Crippen LogP contribution is -2.41. The first-order valence-electron chi connectivity index (χ1n) is 9.44. The number of furan rings is 1. The summed E-state index contributed by atoms with van der Waals surface area (Å²) >= 11 is 0. The number of nitrogens with one attached hydrogen (secondary N) is 2. The maximum Gasteiger partial charge on any atom is 0.315 e. The van der Waals surface area contributed by atoms with E-state index in [1.807, 2.05) is 44.2 Å². The van der Waals surface area contributed by atoms with Gasteiger partial charge in [0, 0.05) is 25.2 Å². The van der Waals surface area contributed by atoms with E-state index < -0.39 is 0 Å². The number of likely N-dealkylation sites (tertiary alicyclic amines) is 1. The Hall–Kier alpha value is -2.27. The van der Waals surface area contributed by atoms with Gasteiger partial charge < -0.3 is 15.1 Å². The Kier molecular flexibility index (Phi) is 6.34. The molecule has 1 aromatic heterocycles. The number of benzene rings is 1. The second kappa shape index (κ2) is 8.90. The van der Waals surface area contributed by atoms with Crippen LogP contribution in [0.1, 0.15) is 35.5 Å². The fourth-order valence-electron chi connectivity index (χ4n) is 3.51. The number of amides is 2. The van der Waals surface area contributed by atoms with Crippen molar-refractivity contribution in [3.63, 3.8) is 0 Å². The lowest BCUT2D eigenvalue weighted by molar-refractivity contribution is 0.174. The van der Waals surface area contributed by atoms with E-state index in [-0.39, 0.29) is 6.03 Å². The molecule has 2 aromatic rings. The summed E-state index contributed by atoms with van der Waals surface area (Å²) in [5.41, 5.74) is 2.40. The van der Waals surface area contributed by atoms with Gasteiger partial charge in [-0.15, -0.1) is 0 Å².